The van der Waals surface area contributed by atoms with Crippen molar-refractivity contribution in [1.82, 2.24) is 20.2 Å². The first kappa shape index (κ1) is 15.2. The molecule has 0 aliphatic rings. The van der Waals surface area contributed by atoms with Crippen LogP contribution < -0.4 is 0 Å². The van der Waals surface area contributed by atoms with E-state index >= 15 is 0 Å². The molecule has 0 atom stereocenters. The maximum Gasteiger partial charge on any atom is 0.331 e. The zero-order chi connectivity index (χ0) is 15.8. The van der Waals surface area contributed by atoms with Crippen molar-refractivity contribution in [2.45, 2.75) is 45.6 Å². The zero-order valence-corrected chi connectivity index (χ0v) is 13.0. The molecule has 1 heterocycles. The van der Waals surface area contributed by atoms with Gasteiger partial charge in [0.1, 0.15) is 0 Å². The number of carbonyl (C=O) groups is 1. The Balaban J connectivity index is 2.45. The summed E-state index contributed by atoms with van der Waals surface area (Å²) < 4.78 is 1.33. The standard InChI is InChI=1S/C15H20N4O2/c1-14(2,3)11-8-6-10(7-9-11)12-16-17-18-19(12)15(4,5)13(20)21/h6-9H,1-5H3,(H,20,21). The van der Waals surface area contributed by atoms with Crippen LogP contribution in [-0.4, -0.2) is 31.3 Å². The van der Waals surface area contributed by atoms with E-state index in [0.717, 1.165) is 5.56 Å². The first-order chi connectivity index (χ1) is 9.64. The van der Waals surface area contributed by atoms with Crippen LogP contribution in [0.3, 0.4) is 0 Å². The highest BCUT2D eigenvalue weighted by Crippen LogP contribution is 2.27. The summed E-state index contributed by atoms with van der Waals surface area (Å²) in [5.74, 6) is -0.537. The summed E-state index contributed by atoms with van der Waals surface area (Å²) in [4.78, 5) is 11.4. The van der Waals surface area contributed by atoms with E-state index < -0.39 is 11.5 Å². The fourth-order valence-corrected chi connectivity index (χ4v) is 1.95. The molecule has 0 saturated carbocycles. The van der Waals surface area contributed by atoms with Crippen LogP contribution in [0.25, 0.3) is 11.4 Å². The van der Waals surface area contributed by atoms with Crippen molar-refractivity contribution in [3.05, 3.63) is 29.8 Å². The molecular formula is C15H20N4O2. The van der Waals surface area contributed by atoms with Gasteiger partial charge in [0.2, 0.25) is 0 Å². The molecule has 6 heteroatoms. The monoisotopic (exact) mass is 288 g/mol. The van der Waals surface area contributed by atoms with Crippen LogP contribution in [-0.2, 0) is 15.7 Å². The van der Waals surface area contributed by atoms with E-state index in [1.165, 1.54) is 10.2 Å². The second-order valence-corrected chi connectivity index (χ2v) is 6.61. The summed E-state index contributed by atoms with van der Waals surface area (Å²) in [6.45, 7) is 9.55. The zero-order valence-electron chi connectivity index (χ0n) is 13.0. The number of carboxylic acids is 1. The van der Waals surface area contributed by atoms with E-state index in [0.29, 0.717) is 5.82 Å². The molecule has 1 N–H and O–H groups in total. The van der Waals surface area contributed by atoms with Crippen LogP contribution in [0, 0.1) is 0 Å². The molecule has 1 aromatic carbocycles. The minimum atomic E-state index is -1.21. The lowest BCUT2D eigenvalue weighted by Gasteiger charge is -2.21. The minimum Gasteiger partial charge on any atom is -0.479 e. The molecule has 0 radical (unpaired) electrons. The maximum atomic E-state index is 11.4. The second-order valence-electron chi connectivity index (χ2n) is 6.61. The Hall–Kier alpha value is -2.24. The van der Waals surface area contributed by atoms with E-state index in [2.05, 4.69) is 36.3 Å². The summed E-state index contributed by atoms with van der Waals surface area (Å²) in [7, 11) is 0. The number of aromatic nitrogens is 4. The lowest BCUT2D eigenvalue weighted by atomic mass is 9.86. The molecule has 0 unspecified atom stereocenters. The smallest absolute Gasteiger partial charge is 0.331 e. The Kier molecular flexibility index (Phi) is 3.57. The highest BCUT2D eigenvalue weighted by Gasteiger charge is 2.33. The van der Waals surface area contributed by atoms with Crippen LogP contribution in [0.15, 0.2) is 24.3 Å². The van der Waals surface area contributed by atoms with Crippen molar-refractivity contribution < 1.29 is 9.90 Å². The summed E-state index contributed by atoms with van der Waals surface area (Å²) in [5, 5.41) is 20.7. The third-order valence-corrected chi connectivity index (χ3v) is 3.53. The van der Waals surface area contributed by atoms with Crippen molar-refractivity contribution >= 4 is 5.97 Å². The van der Waals surface area contributed by atoms with Crippen molar-refractivity contribution in [1.29, 1.82) is 0 Å². The minimum absolute atomic E-state index is 0.0603. The summed E-state index contributed by atoms with van der Waals surface area (Å²) >= 11 is 0. The molecule has 0 amide bonds. The molecule has 1 aromatic heterocycles. The van der Waals surface area contributed by atoms with Crippen molar-refractivity contribution in [3.8, 4) is 11.4 Å². The van der Waals surface area contributed by atoms with E-state index in [1.54, 1.807) is 13.8 Å². The van der Waals surface area contributed by atoms with Gasteiger partial charge in [-0.25, -0.2) is 9.48 Å². The average Bonchev–Trinajstić information content (AvgIpc) is 2.87. The quantitative estimate of drug-likeness (QED) is 0.938. The van der Waals surface area contributed by atoms with Crippen LogP contribution in [0.2, 0.25) is 0 Å². The molecule has 0 aliphatic heterocycles. The van der Waals surface area contributed by atoms with Crippen LogP contribution in [0.4, 0.5) is 0 Å². The number of nitrogens with zero attached hydrogens (tertiary/aromatic N) is 4. The van der Waals surface area contributed by atoms with Gasteiger partial charge in [-0.2, -0.15) is 0 Å². The average molecular weight is 288 g/mol. The highest BCUT2D eigenvalue weighted by atomic mass is 16.4. The van der Waals surface area contributed by atoms with Gasteiger partial charge in [0.25, 0.3) is 0 Å². The number of benzene rings is 1. The molecule has 0 bridgehead atoms. The van der Waals surface area contributed by atoms with Crippen LogP contribution >= 0.6 is 0 Å². The lowest BCUT2D eigenvalue weighted by molar-refractivity contribution is -0.146. The third-order valence-electron chi connectivity index (χ3n) is 3.53. The van der Waals surface area contributed by atoms with E-state index in [1.807, 2.05) is 24.3 Å². The number of carboxylic acid groups (broad SMARTS) is 1. The van der Waals surface area contributed by atoms with Crippen molar-refractivity contribution in [3.63, 3.8) is 0 Å². The lowest BCUT2D eigenvalue weighted by Crippen LogP contribution is -2.37. The molecule has 2 aromatic rings. The Bertz CT molecular complexity index is 651. The number of tetrazole rings is 1. The second kappa shape index (κ2) is 4.95. The fourth-order valence-electron chi connectivity index (χ4n) is 1.95. The molecule has 21 heavy (non-hydrogen) atoms. The number of rotatable bonds is 3. The van der Waals surface area contributed by atoms with E-state index in [4.69, 9.17) is 0 Å². The van der Waals surface area contributed by atoms with Gasteiger partial charge in [0.15, 0.2) is 11.4 Å². The summed E-state index contributed by atoms with van der Waals surface area (Å²) in [6, 6.07) is 7.87. The largest absolute Gasteiger partial charge is 0.479 e. The van der Waals surface area contributed by atoms with Gasteiger partial charge in [0.05, 0.1) is 0 Å². The highest BCUT2D eigenvalue weighted by molar-refractivity contribution is 5.76. The van der Waals surface area contributed by atoms with Gasteiger partial charge >= 0.3 is 5.97 Å². The Labute approximate surface area is 123 Å². The molecule has 2 rings (SSSR count). The summed E-state index contributed by atoms with van der Waals surface area (Å²) in [5.41, 5.74) is 0.844. The first-order valence-electron chi connectivity index (χ1n) is 6.77. The first-order valence-corrected chi connectivity index (χ1v) is 6.77. The summed E-state index contributed by atoms with van der Waals surface area (Å²) in [6.07, 6.45) is 0. The molecule has 0 spiro atoms. The third kappa shape index (κ3) is 2.79. The van der Waals surface area contributed by atoms with Crippen LogP contribution in [0.1, 0.15) is 40.2 Å². The van der Waals surface area contributed by atoms with Gasteiger partial charge < -0.3 is 5.11 Å². The SMILES string of the molecule is CC(C)(C)c1ccc(-c2nnnn2C(C)(C)C(=O)O)cc1. The predicted octanol–water partition coefficient (Wildman–Crippen LogP) is 2.46. The molecule has 0 fully saturated rings. The number of hydrogen-bond donors (Lipinski definition) is 1. The molecule has 6 nitrogen and oxygen atoms in total. The van der Waals surface area contributed by atoms with Gasteiger partial charge in [-0.3, -0.25) is 0 Å². The van der Waals surface area contributed by atoms with E-state index in [9.17, 15) is 9.90 Å². The Morgan fingerprint density at radius 2 is 1.67 bits per heavy atom. The normalized spacial score (nSPS) is 12.4. The molecule has 0 aliphatic carbocycles. The maximum absolute atomic E-state index is 11.4. The predicted molar refractivity (Wildman–Crippen MR) is 78.9 cm³/mol. The number of hydrogen-bond acceptors (Lipinski definition) is 4. The Morgan fingerprint density at radius 1 is 1.10 bits per heavy atom. The van der Waals surface area contributed by atoms with Crippen molar-refractivity contribution in [2.75, 3.05) is 0 Å². The Morgan fingerprint density at radius 3 is 2.14 bits per heavy atom. The van der Waals surface area contributed by atoms with E-state index in [-0.39, 0.29) is 5.41 Å². The number of aliphatic carboxylic acids is 1. The molecular weight excluding hydrogens is 268 g/mol. The van der Waals surface area contributed by atoms with Gasteiger partial charge in [-0.05, 0) is 35.3 Å². The topological polar surface area (TPSA) is 80.9 Å². The van der Waals surface area contributed by atoms with Gasteiger partial charge in [0, 0.05) is 5.56 Å². The van der Waals surface area contributed by atoms with Crippen LogP contribution in [0.5, 0.6) is 0 Å². The van der Waals surface area contributed by atoms with Crippen molar-refractivity contribution in [2.24, 2.45) is 0 Å². The fraction of sp³-hybridized carbons (Fsp3) is 0.467. The molecule has 112 valence electrons. The molecule has 0 saturated heterocycles. The van der Waals surface area contributed by atoms with Gasteiger partial charge in [-0.1, -0.05) is 45.0 Å². The van der Waals surface area contributed by atoms with Gasteiger partial charge in [-0.15, -0.1) is 5.10 Å².